The lowest BCUT2D eigenvalue weighted by atomic mass is 10.0. The lowest BCUT2D eigenvalue weighted by Gasteiger charge is -2.32. The normalized spacial score (nSPS) is 16.5. The average molecular weight is 608 g/mol. The second kappa shape index (κ2) is 11.1. The molecule has 4 heterocycles. The molecule has 0 radical (unpaired) electrons. The summed E-state index contributed by atoms with van der Waals surface area (Å²) in [6, 6.07) is 12.0. The van der Waals surface area contributed by atoms with Gasteiger partial charge in [-0.1, -0.05) is 24.8 Å². The fourth-order valence-electron chi connectivity index (χ4n) is 5.28. The first-order chi connectivity index (χ1) is 20.6. The highest BCUT2D eigenvalue weighted by atomic mass is 32.1. The number of nitrogens with one attached hydrogen (secondary N) is 2. The van der Waals surface area contributed by atoms with Crippen LogP contribution in [0, 0.1) is 0 Å². The quantitative estimate of drug-likeness (QED) is 0.238. The molecular weight excluding hydrogens is 583 g/mol. The Bertz CT molecular complexity index is 1760. The Labute approximate surface area is 247 Å². The van der Waals surface area contributed by atoms with Crippen LogP contribution in [0.1, 0.15) is 28.1 Å². The molecule has 1 unspecified atom stereocenters. The number of hydrogen-bond donors (Lipinski definition) is 2. The van der Waals surface area contributed by atoms with Crippen molar-refractivity contribution in [3.8, 4) is 11.5 Å². The van der Waals surface area contributed by atoms with E-state index in [1.165, 1.54) is 30.5 Å². The molecule has 4 aromatic rings. The molecule has 2 N–H and O–H groups in total. The Morgan fingerprint density at radius 1 is 1.12 bits per heavy atom. The van der Waals surface area contributed by atoms with Crippen LogP contribution in [0.2, 0.25) is 0 Å². The molecule has 9 nitrogen and oxygen atoms in total. The van der Waals surface area contributed by atoms with Crippen molar-refractivity contribution in [2.24, 2.45) is 0 Å². The van der Waals surface area contributed by atoms with Gasteiger partial charge in [-0.3, -0.25) is 14.5 Å². The number of ether oxygens (including phenoxy) is 1. The Hall–Kier alpha value is -4.91. The second-order valence-corrected chi connectivity index (χ2v) is 11.0. The van der Waals surface area contributed by atoms with E-state index >= 15 is 0 Å². The molecule has 1 fully saturated rings. The third-order valence-corrected chi connectivity index (χ3v) is 8.28. The van der Waals surface area contributed by atoms with E-state index < -0.39 is 29.4 Å². The first-order valence-corrected chi connectivity index (χ1v) is 14.1. The van der Waals surface area contributed by atoms with Gasteiger partial charge in [0.2, 0.25) is 5.91 Å². The summed E-state index contributed by atoms with van der Waals surface area (Å²) in [4.78, 5) is 46.3. The molecule has 0 saturated carbocycles. The molecule has 2 aromatic carbocycles. The van der Waals surface area contributed by atoms with Crippen LogP contribution in [0.5, 0.6) is 11.5 Å². The van der Waals surface area contributed by atoms with Crippen molar-refractivity contribution in [2.75, 3.05) is 23.3 Å². The van der Waals surface area contributed by atoms with Crippen LogP contribution in [-0.4, -0.2) is 46.9 Å². The maximum absolute atomic E-state index is 14.4. The summed E-state index contributed by atoms with van der Waals surface area (Å²) in [6.45, 7) is 4.38. The zero-order chi connectivity index (χ0) is 30.3. The molecule has 2 aromatic heterocycles. The van der Waals surface area contributed by atoms with E-state index in [1.54, 1.807) is 35.2 Å². The summed E-state index contributed by atoms with van der Waals surface area (Å²) >= 11 is 1.02. The summed E-state index contributed by atoms with van der Waals surface area (Å²) in [5, 5.41) is 5.90. The molecule has 43 heavy (non-hydrogen) atoms. The van der Waals surface area contributed by atoms with Gasteiger partial charge in [0.05, 0.1) is 28.0 Å². The third-order valence-electron chi connectivity index (χ3n) is 7.19. The van der Waals surface area contributed by atoms with E-state index in [9.17, 15) is 27.6 Å². The van der Waals surface area contributed by atoms with Crippen LogP contribution >= 0.6 is 11.3 Å². The van der Waals surface area contributed by atoms with E-state index in [4.69, 9.17) is 4.74 Å². The molecule has 2 aliphatic rings. The lowest BCUT2D eigenvalue weighted by Crippen LogP contribution is -2.49. The minimum atomic E-state index is -4.82. The number of carbonyl (C=O) groups excluding carboxylic acids is 3. The Balaban J connectivity index is 1.35. The second-order valence-electron chi connectivity index (χ2n) is 9.97. The summed E-state index contributed by atoms with van der Waals surface area (Å²) in [7, 11) is 0. The van der Waals surface area contributed by atoms with Gasteiger partial charge in [-0.25, -0.2) is 9.78 Å². The molecule has 0 bridgehead atoms. The van der Waals surface area contributed by atoms with Crippen molar-refractivity contribution in [3.05, 3.63) is 83.9 Å². The minimum Gasteiger partial charge on any atom is -0.457 e. The maximum atomic E-state index is 14.4. The van der Waals surface area contributed by atoms with E-state index in [2.05, 4.69) is 22.2 Å². The smallest absolute Gasteiger partial charge is 0.418 e. The van der Waals surface area contributed by atoms with Crippen LogP contribution in [0.3, 0.4) is 0 Å². The fourth-order valence-corrected chi connectivity index (χ4v) is 6.31. The van der Waals surface area contributed by atoms with E-state index in [0.29, 0.717) is 41.9 Å². The molecule has 220 valence electrons. The number of pyridine rings is 1. The number of hydrogen-bond acceptors (Lipinski definition) is 6. The number of likely N-dealkylation sites (tertiary alicyclic amines) is 1. The highest BCUT2D eigenvalue weighted by Crippen LogP contribution is 2.48. The molecular formula is C30H24F3N5O4S. The van der Waals surface area contributed by atoms with Crippen LogP contribution in [0.15, 0.2) is 73.4 Å². The molecule has 13 heteroatoms. The summed E-state index contributed by atoms with van der Waals surface area (Å²) < 4.78 is 48.7. The number of aromatic nitrogens is 1. The van der Waals surface area contributed by atoms with E-state index in [-0.39, 0.29) is 34.0 Å². The summed E-state index contributed by atoms with van der Waals surface area (Å²) in [5.74, 6) is -0.397. The molecule has 1 saturated heterocycles. The van der Waals surface area contributed by atoms with Crippen LogP contribution in [-0.2, 0) is 11.0 Å². The third kappa shape index (κ3) is 5.39. The monoisotopic (exact) mass is 607 g/mol. The van der Waals surface area contributed by atoms with Crippen molar-refractivity contribution in [1.82, 2.24) is 15.2 Å². The molecule has 0 aliphatic carbocycles. The maximum Gasteiger partial charge on any atom is 0.418 e. The Morgan fingerprint density at radius 3 is 2.65 bits per heavy atom. The minimum absolute atomic E-state index is 0.0502. The topological polar surface area (TPSA) is 104 Å². The number of para-hydroxylation sites is 1. The van der Waals surface area contributed by atoms with Gasteiger partial charge in [0.1, 0.15) is 21.2 Å². The van der Waals surface area contributed by atoms with Gasteiger partial charge in [-0.2, -0.15) is 13.2 Å². The van der Waals surface area contributed by atoms with Crippen molar-refractivity contribution >= 4 is 56.5 Å². The number of nitrogens with zero attached hydrogens (tertiary/aromatic N) is 3. The summed E-state index contributed by atoms with van der Waals surface area (Å²) in [5.41, 5.74) is -1.15. The first-order valence-electron chi connectivity index (χ1n) is 13.3. The number of halogens is 3. The van der Waals surface area contributed by atoms with Gasteiger partial charge < -0.3 is 20.3 Å². The van der Waals surface area contributed by atoms with Crippen LogP contribution in [0.4, 0.5) is 35.0 Å². The predicted molar refractivity (Wildman–Crippen MR) is 156 cm³/mol. The van der Waals surface area contributed by atoms with Crippen molar-refractivity contribution < 1.29 is 32.3 Å². The van der Waals surface area contributed by atoms with Crippen molar-refractivity contribution in [1.29, 1.82) is 0 Å². The number of amides is 4. The number of anilines is 3. The first kappa shape index (κ1) is 28.2. The number of piperidine rings is 1. The zero-order valence-corrected chi connectivity index (χ0v) is 23.3. The number of carbonyl (C=O) groups is 3. The van der Waals surface area contributed by atoms with Gasteiger partial charge in [-0.15, -0.1) is 11.3 Å². The van der Waals surface area contributed by atoms with Gasteiger partial charge in [0, 0.05) is 25.3 Å². The molecule has 6 rings (SSSR count). The molecule has 0 spiro atoms. The average Bonchev–Trinajstić information content (AvgIpc) is 3.37. The standard InChI is InChI=1S/C30H24F3N5O4S/c1-2-23(39)37-14-6-7-17(16-37)35-27(40)26-25-24-22(12-13-34-28(24)43-26)38(29(41)36-25)21-11-10-19(15-20(21)30(31,32)33)42-18-8-4-3-5-9-18/h2-5,8-13,15,17H,1,6-7,14,16H2,(H,35,40)(H,36,41). The number of rotatable bonds is 6. The van der Waals surface area contributed by atoms with Gasteiger partial charge >= 0.3 is 12.2 Å². The Kier molecular flexibility index (Phi) is 7.26. The molecule has 1 atom stereocenters. The fraction of sp³-hybridized carbons (Fsp3) is 0.200. The van der Waals surface area contributed by atoms with Crippen LogP contribution in [0.25, 0.3) is 10.2 Å². The summed E-state index contributed by atoms with van der Waals surface area (Å²) in [6.07, 6.45) is -0.870. The Morgan fingerprint density at radius 2 is 1.91 bits per heavy atom. The van der Waals surface area contributed by atoms with E-state index in [0.717, 1.165) is 22.3 Å². The SMILES string of the molecule is C=CC(=O)N1CCCC(NC(=O)c2sc3nccc4c3c2NC(=O)N4c2ccc(Oc3ccccc3)cc2C(F)(F)F)C1. The zero-order valence-electron chi connectivity index (χ0n) is 22.5. The number of benzene rings is 2. The number of urea groups is 1. The molecule has 2 aliphatic heterocycles. The van der Waals surface area contributed by atoms with Gasteiger partial charge in [-0.05, 0) is 55.3 Å². The predicted octanol–water partition coefficient (Wildman–Crippen LogP) is 6.70. The lowest BCUT2D eigenvalue weighted by molar-refractivity contribution is -0.137. The van der Waals surface area contributed by atoms with Gasteiger partial charge in [0.15, 0.2) is 0 Å². The highest BCUT2D eigenvalue weighted by Gasteiger charge is 2.40. The highest BCUT2D eigenvalue weighted by molar-refractivity contribution is 7.21. The molecule has 4 amide bonds. The van der Waals surface area contributed by atoms with Crippen molar-refractivity contribution in [2.45, 2.75) is 25.1 Å². The van der Waals surface area contributed by atoms with E-state index in [1.807, 2.05) is 0 Å². The van der Waals surface area contributed by atoms with Gasteiger partial charge in [0.25, 0.3) is 5.91 Å². The van der Waals surface area contributed by atoms with Crippen molar-refractivity contribution in [3.63, 3.8) is 0 Å². The largest absolute Gasteiger partial charge is 0.457 e. The number of thiophene rings is 1. The number of alkyl halides is 3. The van der Waals surface area contributed by atoms with Crippen LogP contribution < -0.4 is 20.3 Å².